The maximum absolute atomic E-state index is 12.1. The highest BCUT2D eigenvalue weighted by atomic mass is 35.5. The zero-order chi connectivity index (χ0) is 20.4. The molecule has 3 rings (SSSR count). The predicted molar refractivity (Wildman–Crippen MR) is 116 cm³/mol. The molecule has 5 N–H and O–H groups in total. The fraction of sp³-hybridized carbons (Fsp3) is 0.450. The lowest BCUT2D eigenvalue weighted by atomic mass is 9.98. The van der Waals surface area contributed by atoms with E-state index in [4.69, 9.17) is 17.3 Å². The van der Waals surface area contributed by atoms with Crippen molar-refractivity contribution < 1.29 is 9.90 Å². The summed E-state index contributed by atoms with van der Waals surface area (Å²) in [6.07, 6.45) is -0.283. The van der Waals surface area contributed by atoms with E-state index in [1.165, 1.54) is 11.3 Å². The number of nitrogens with one attached hydrogen (secondary N) is 2. The minimum absolute atomic E-state index is 0.459. The van der Waals surface area contributed by atoms with E-state index in [-0.39, 0.29) is 0 Å². The second-order valence-electron chi connectivity index (χ2n) is 7.48. The quantitative estimate of drug-likeness (QED) is 0.511. The molecule has 1 amide bonds. The van der Waals surface area contributed by atoms with Gasteiger partial charge >= 0.3 is 0 Å². The molecular weight excluding hydrogens is 396 g/mol. The van der Waals surface area contributed by atoms with Gasteiger partial charge in [0.15, 0.2) is 0 Å². The van der Waals surface area contributed by atoms with Crippen LogP contribution in [0.5, 0.6) is 0 Å². The highest BCUT2D eigenvalue weighted by Crippen LogP contribution is 2.38. The topological polar surface area (TPSA) is 90.6 Å². The first kappa shape index (κ1) is 20.9. The third kappa shape index (κ3) is 4.60. The molecule has 0 aliphatic carbocycles. The van der Waals surface area contributed by atoms with Crippen LogP contribution in [0.1, 0.15) is 41.6 Å². The molecule has 1 aromatic carbocycles. The van der Waals surface area contributed by atoms with Gasteiger partial charge in [0.1, 0.15) is 5.00 Å². The molecule has 1 aliphatic heterocycles. The van der Waals surface area contributed by atoms with Crippen molar-refractivity contribution in [2.24, 2.45) is 11.7 Å². The van der Waals surface area contributed by atoms with E-state index in [0.29, 0.717) is 33.2 Å². The van der Waals surface area contributed by atoms with E-state index >= 15 is 0 Å². The number of aliphatic hydroxyl groups excluding tert-OH is 1. The molecule has 152 valence electrons. The highest BCUT2D eigenvalue weighted by molar-refractivity contribution is 7.16. The van der Waals surface area contributed by atoms with Gasteiger partial charge in [-0.25, -0.2) is 0 Å². The molecule has 0 saturated heterocycles. The molecule has 8 heteroatoms. The number of nitrogens with two attached hydrogens (primary N) is 1. The molecule has 1 aliphatic rings. The zero-order valence-electron chi connectivity index (χ0n) is 16.3. The molecule has 2 unspecified atom stereocenters. The van der Waals surface area contributed by atoms with Gasteiger partial charge in [0.2, 0.25) is 6.35 Å². The predicted octanol–water partition coefficient (Wildman–Crippen LogP) is 3.70. The number of nitrogens with zero attached hydrogens (tertiary/aromatic N) is 1. The minimum Gasteiger partial charge on any atom is -0.365 e. The van der Waals surface area contributed by atoms with Crippen LogP contribution in [0, 0.1) is 5.92 Å². The first-order valence-electron chi connectivity index (χ1n) is 9.41. The highest BCUT2D eigenvalue weighted by Gasteiger charge is 2.30. The number of carbonyl (C=O) groups excluding carboxylic acids is 1. The molecule has 28 heavy (non-hydrogen) atoms. The number of fused-ring (bicyclic) bond motifs is 1. The summed E-state index contributed by atoms with van der Waals surface area (Å²) in [7, 11) is 0. The van der Waals surface area contributed by atoms with E-state index in [2.05, 4.69) is 36.3 Å². The van der Waals surface area contributed by atoms with E-state index in [0.717, 1.165) is 30.0 Å². The summed E-state index contributed by atoms with van der Waals surface area (Å²) in [5.41, 5.74) is 7.88. The summed E-state index contributed by atoms with van der Waals surface area (Å²) in [6.45, 7) is 8.36. The fourth-order valence-corrected chi connectivity index (χ4v) is 4.85. The molecule has 0 spiro atoms. The summed E-state index contributed by atoms with van der Waals surface area (Å²) in [5.74, 6) is 0.0872. The Hall–Kier alpha value is -1.80. The van der Waals surface area contributed by atoms with Crippen LogP contribution in [0.4, 0.5) is 10.7 Å². The van der Waals surface area contributed by atoms with Crippen molar-refractivity contribution in [3.8, 4) is 0 Å². The van der Waals surface area contributed by atoms with Gasteiger partial charge in [-0.1, -0.05) is 25.4 Å². The molecule has 0 bridgehead atoms. The van der Waals surface area contributed by atoms with Crippen LogP contribution < -0.4 is 16.4 Å². The van der Waals surface area contributed by atoms with Crippen LogP contribution in [-0.4, -0.2) is 34.9 Å². The van der Waals surface area contributed by atoms with Crippen molar-refractivity contribution in [3.05, 3.63) is 45.3 Å². The number of anilines is 2. The van der Waals surface area contributed by atoms with Crippen LogP contribution in [-0.2, 0) is 13.0 Å². The van der Waals surface area contributed by atoms with Gasteiger partial charge in [-0.05, 0) is 49.1 Å². The van der Waals surface area contributed by atoms with Crippen molar-refractivity contribution in [2.45, 2.75) is 46.1 Å². The fourth-order valence-electron chi connectivity index (χ4n) is 3.42. The molecule has 6 nitrogen and oxygen atoms in total. The summed E-state index contributed by atoms with van der Waals surface area (Å²) >= 11 is 7.38. The molecular formula is C20H27ClN4O2S. The van der Waals surface area contributed by atoms with Crippen LogP contribution in [0.15, 0.2) is 24.3 Å². The number of benzene rings is 1. The van der Waals surface area contributed by atoms with Crippen molar-refractivity contribution >= 4 is 39.5 Å². The standard InChI is InChI=1S/C20H27ClN4O2S/c1-11(2)12(3)25-9-8-15-16(10-25)28-19(17(15)18(22)26)24-20(27)23-14-6-4-13(21)5-7-14/h4-7,11-12,20,23-24,27H,8-10H2,1-3H3,(H2,22,26). The summed E-state index contributed by atoms with van der Waals surface area (Å²) in [5, 5.41) is 17.5. The van der Waals surface area contributed by atoms with E-state index < -0.39 is 12.3 Å². The number of hydrogen-bond acceptors (Lipinski definition) is 6. The number of rotatable bonds is 7. The average molecular weight is 423 g/mol. The number of aliphatic hydroxyl groups is 1. The lowest BCUT2D eigenvalue weighted by Crippen LogP contribution is -2.40. The smallest absolute Gasteiger partial charge is 0.251 e. The lowest BCUT2D eigenvalue weighted by Gasteiger charge is -2.34. The van der Waals surface area contributed by atoms with Gasteiger partial charge in [0.05, 0.1) is 5.56 Å². The third-order valence-corrected chi connectivity index (χ3v) is 6.69. The summed E-state index contributed by atoms with van der Waals surface area (Å²) in [4.78, 5) is 15.7. The lowest BCUT2D eigenvalue weighted by molar-refractivity contribution is 0.0998. The minimum atomic E-state index is -1.06. The zero-order valence-corrected chi connectivity index (χ0v) is 17.9. The van der Waals surface area contributed by atoms with Crippen molar-refractivity contribution in [2.75, 3.05) is 17.2 Å². The first-order chi connectivity index (χ1) is 13.3. The largest absolute Gasteiger partial charge is 0.365 e. The molecule has 0 radical (unpaired) electrons. The molecule has 0 fully saturated rings. The summed E-state index contributed by atoms with van der Waals surface area (Å²) < 4.78 is 0. The third-order valence-electron chi connectivity index (χ3n) is 5.29. The maximum Gasteiger partial charge on any atom is 0.251 e. The number of carbonyl (C=O) groups is 1. The van der Waals surface area contributed by atoms with Gasteiger partial charge in [0, 0.05) is 34.7 Å². The molecule has 0 saturated carbocycles. The second kappa shape index (κ2) is 8.69. The Balaban J connectivity index is 1.78. The number of primary amides is 1. The number of amides is 1. The van der Waals surface area contributed by atoms with E-state index in [1.807, 2.05) is 0 Å². The van der Waals surface area contributed by atoms with Gasteiger partial charge in [-0.2, -0.15) is 0 Å². The van der Waals surface area contributed by atoms with E-state index in [1.54, 1.807) is 24.3 Å². The molecule has 2 aromatic rings. The Labute approximate surface area is 174 Å². The van der Waals surface area contributed by atoms with Gasteiger partial charge < -0.3 is 21.5 Å². The monoisotopic (exact) mass is 422 g/mol. The molecule has 2 atom stereocenters. The Morgan fingerprint density at radius 1 is 1.25 bits per heavy atom. The second-order valence-corrected chi connectivity index (χ2v) is 9.02. The van der Waals surface area contributed by atoms with Crippen molar-refractivity contribution in [1.82, 2.24) is 4.90 Å². The van der Waals surface area contributed by atoms with E-state index in [9.17, 15) is 9.90 Å². The van der Waals surface area contributed by atoms with Gasteiger partial charge in [-0.3, -0.25) is 9.69 Å². The van der Waals surface area contributed by atoms with Crippen molar-refractivity contribution in [1.29, 1.82) is 0 Å². The van der Waals surface area contributed by atoms with Crippen LogP contribution >= 0.6 is 22.9 Å². The van der Waals surface area contributed by atoms with Crippen LogP contribution in [0.25, 0.3) is 0 Å². The Morgan fingerprint density at radius 2 is 1.93 bits per heavy atom. The van der Waals surface area contributed by atoms with Gasteiger partial charge in [-0.15, -0.1) is 11.3 Å². The SMILES string of the molecule is CC(C)C(C)N1CCc2c(sc(NC(O)Nc3ccc(Cl)cc3)c2C(N)=O)C1. The number of halogens is 1. The Morgan fingerprint density at radius 3 is 2.54 bits per heavy atom. The Kier molecular flexibility index (Phi) is 6.50. The average Bonchev–Trinajstić information content (AvgIpc) is 2.99. The van der Waals surface area contributed by atoms with Crippen LogP contribution in [0.2, 0.25) is 5.02 Å². The van der Waals surface area contributed by atoms with Gasteiger partial charge in [0.25, 0.3) is 5.91 Å². The molecule has 2 heterocycles. The van der Waals surface area contributed by atoms with Crippen LogP contribution in [0.3, 0.4) is 0 Å². The number of thiophene rings is 1. The van der Waals surface area contributed by atoms with Crippen molar-refractivity contribution in [3.63, 3.8) is 0 Å². The maximum atomic E-state index is 12.1. The summed E-state index contributed by atoms with van der Waals surface area (Å²) in [6, 6.07) is 7.47. The molecule has 1 aromatic heterocycles. The number of hydrogen-bond donors (Lipinski definition) is 4. The Bertz CT molecular complexity index is 837. The first-order valence-corrected chi connectivity index (χ1v) is 10.6. The normalized spacial score (nSPS) is 16.5.